The minimum Gasteiger partial charge on any atom is -0.395 e. The van der Waals surface area contributed by atoms with E-state index in [1.807, 2.05) is 25.5 Å². The highest BCUT2D eigenvalue weighted by Gasteiger charge is 2.17. The van der Waals surface area contributed by atoms with E-state index in [1.165, 1.54) is 11.8 Å². The maximum Gasteiger partial charge on any atom is 0.251 e. The van der Waals surface area contributed by atoms with Crippen LogP contribution in [0.2, 0.25) is 0 Å². The van der Waals surface area contributed by atoms with Crippen molar-refractivity contribution < 1.29 is 0 Å². The second-order valence-electron chi connectivity index (χ2n) is 5.24. The Kier molecular flexibility index (Phi) is 4.72. The number of rotatable bonds is 5. The van der Waals surface area contributed by atoms with Crippen LogP contribution in [0.3, 0.4) is 0 Å². The Morgan fingerprint density at radius 2 is 2.19 bits per heavy atom. The lowest BCUT2D eigenvalue weighted by Crippen LogP contribution is -2.11. The topological polar surface area (TPSA) is 89.6 Å². The Bertz CT molecular complexity index is 689. The van der Waals surface area contributed by atoms with Crippen LogP contribution in [0, 0.1) is 6.92 Å². The average Bonchev–Trinajstić information content (AvgIpc) is 2.67. The van der Waals surface area contributed by atoms with Gasteiger partial charge < -0.3 is 10.7 Å². The van der Waals surface area contributed by atoms with E-state index >= 15 is 0 Å². The average molecular weight is 307 g/mol. The fraction of sp³-hybridized carbons (Fsp3) is 0.500. The summed E-state index contributed by atoms with van der Waals surface area (Å²) in [6.45, 7) is 8.02. The Morgan fingerprint density at radius 3 is 2.81 bits per heavy atom. The Hall–Kier alpha value is -1.76. The largest absolute Gasteiger partial charge is 0.395 e. The minimum atomic E-state index is -0.137. The van der Waals surface area contributed by atoms with Crippen molar-refractivity contribution in [2.75, 3.05) is 5.73 Å². The van der Waals surface area contributed by atoms with Gasteiger partial charge in [0, 0.05) is 17.8 Å². The zero-order valence-electron chi connectivity index (χ0n) is 12.8. The molecule has 0 aromatic carbocycles. The Morgan fingerprint density at radius 1 is 1.48 bits per heavy atom. The van der Waals surface area contributed by atoms with E-state index in [0.29, 0.717) is 10.8 Å². The van der Waals surface area contributed by atoms with Gasteiger partial charge in [-0.05, 0) is 39.0 Å². The van der Waals surface area contributed by atoms with Crippen LogP contribution in [0.1, 0.15) is 44.6 Å². The lowest BCUT2D eigenvalue weighted by atomic mass is 10.2. The molecule has 3 N–H and O–H groups in total. The molecule has 7 heteroatoms. The lowest BCUT2D eigenvalue weighted by Gasteiger charge is -2.10. The highest BCUT2D eigenvalue weighted by molar-refractivity contribution is 7.99. The molecule has 2 aromatic heterocycles. The number of nitrogens with two attached hydrogens (primary N) is 1. The standard InChI is InChI=1S/C14H21N5OS/c1-5-6-10-7-11(20)17-14(16-10)21-13-12(15)9(4)18-19(13)8(2)3/h7-8H,5-6,15H2,1-4H3,(H,16,17,20). The number of aromatic nitrogens is 4. The fourth-order valence-corrected chi connectivity index (χ4v) is 3.10. The van der Waals surface area contributed by atoms with Crippen LogP contribution in [-0.2, 0) is 6.42 Å². The number of aromatic amines is 1. The summed E-state index contributed by atoms with van der Waals surface area (Å²) in [5.41, 5.74) is 8.19. The van der Waals surface area contributed by atoms with E-state index < -0.39 is 0 Å². The van der Waals surface area contributed by atoms with Crippen molar-refractivity contribution in [1.29, 1.82) is 0 Å². The Labute approximate surface area is 128 Å². The van der Waals surface area contributed by atoms with Crippen molar-refractivity contribution in [2.24, 2.45) is 0 Å². The van der Waals surface area contributed by atoms with Gasteiger partial charge in [0.15, 0.2) is 5.16 Å². The van der Waals surface area contributed by atoms with Crippen LogP contribution < -0.4 is 11.3 Å². The predicted molar refractivity (Wildman–Crippen MR) is 84.7 cm³/mol. The molecule has 0 atom stereocenters. The van der Waals surface area contributed by atoms with Gasteiger partial charge >= 0.3 is 0 Å². The molecule has 0 radical (unpaired) electrons. The highest BCUT2D eigenvalue weighted by Crippen LogP contribution is 2.33. The van der Waals surface area contributed by atoms with Crippen LogP contribution in [0.25, 0.3) is 0 Å². The third-order valence-electron chi connectivity index (χ3n) is 3.05. The van der Waals surface area contributed by atoms with Gasteiger partial charge in [-0.15, -0.1) is 0 Å². The van der Waals surface area contributed by atoms with Gasteiger partial charge in [-0.25, -0.2) is 4.98 Å². The van der Waals surface area contributed by atoms with Gasteiger partial charge in [-0.3, -0.25) is 9.48 Å². The molecular weight excluding hydrogens is 286 g/mol. The molecule has 6 nitrogen and oxygen atoms in total. The first kappa shape index (κ1) is 15.6. The monoisotopic (exact) mass is 307 g/mol. The van der Waals surface area contributed by atoms with Crippen molar-refractivity contribution in [3.05, 3.63) is 27.8 Å². The maximum atomic E-state index is 11.7. The molecule has 0 aliphatic rings. The van der Waals surface area contributed by atoms with E-state index in [2.05, 4.69) is 22.0 Å². The van der Waals surface area contributed by atoms with Crippen molar-refractivity contribution in [2.45, 2.75) is 56.8 Å². The second kappa shape index (κ2) is 6.34. The predicted octanol–water partition coefficient (Wildman–Crippen LogP) is 2.54. The van der Waals surface area contributed by atoms with Gasteiger partial charge in [0.2, 0.25) is 0 Å². The number of hydrogen-bond acceptors (Lipinski definition) is 5. The minimum absolute atomic E-state index is 0.137. The molecule has 0 aliphatic carbocycles. The van der Waals surface area contributed by atoms with Gasteiger partial charge in [-0.2, -0.15) is 5.10 Å². The smallest absolute Gasteiger partial charge is 0.251 e. The first-order chi connectivity index (χ1) is 9.92. The van der Waals surface area contributed by atoms with E-state index in [9.17, 15) is 4.79 Å². The Balaban J connectivity index is 2.40. The number of nitrogens with one attached hydrogen (secondary N) is 1. The van der Waals surface area contributed by atoms with Crippen LogP contribution in [0.15, 0.2) is 21.0 Å². The SMILES string of the molecule is CCCc1cc(=O)[nH]c(Sc2c(N)c(C)nn2C(C)C)n1. The number of hydrogen-bond donors (Lipinski definition) is 2. The van der Waals surface area contributed by atoms with Crippen LogP contribution >= 0.6 is 11.8 Å². The third-order valence-corrected chi connectivity index (χ3v) is 4.03. The molecular formula is C14H21N5OS. The first-order valence-corrected chi connectivity index (χ1v) is 7.86. The number of aryl methyl sites for hydroxylation is 2. The molecule has 0 fully saturated rings. The summed E-state index contributed by atoms with van der Waals surface area (Å²) < 4.78 is 1.86. The van der Waals surface area contributed by atoms with Crippen molar-refractivity contribution in [3.8, 4) is 0 Å². The highest BCUT2D eigenvalue weighted by atomic mass is 32.2. The van der Waals surface area contributed by atoms with Crippen LogP contribution in [-0.4, -0.2) is 19.7 Å². The molecule has 0 bridgehead atoms. The molecule has 2 aromatic rings. The zero-order chi connectivity index (χ0) is 15.6. The van der Waals surface area contributed by atoms with Crippen LogP contribution in [0.5, 0.6) is 0 Å². The molecule has 114 valence electrons. The molecule has 0 amide bonds. The van der Waals surface area contributed by atoms with Crippen LogP contribution in [0.4, 0.5) is 5.69 Å². The van der Waals surface area contributed by atoms with E-state index in [1.54, 1.807) is 6.07 Å². The summed E-state index contributed by atoms with van der Waals surface area (Å²) in [5.74, 6) is 0. The summed E-state index contributed by atoms with van der Waals surface area (Å²) in [6, 6.07) is 1.73. The van der Waals surface area contributed by atoms with E-state index in [4.69, 9.17) is 5.73 Å². The maximum absolute atomic E-state index is 11.7. The van der Waals surface area contributed by atoms with Crippen molar-refractivity contribution >= 4 is 17.4 Å². The molecule has 0 saturated heterocycles. The molecule has 0 aliphatic heterocycles. The number of nitrogens with zero attached hydrogens (tertiary/aromatic N) is 3. The number of H-pyrrole nitrogens is 1. The molecule has 0 unspecified atom stereocenters. The van der Waals surface area contributed by atoms with Gasteiger partial charge in [0.05, 0.1) is 11.4 Å². The summed E-state index contributed by atoms with van der Waals surface area (Å²) in [4.78, 5) is 19.0. The summed E-state index contributed by atoms with van der Waals surface area (Å²) in [7, 11) is 0. The van der Waals surface area contributed by atoms with Gasteiger partial charge in [-0.1, -0.05) is 13.3 Å². The van der Waals surface area contributed by atoms with Gasteiger partial charge in [0.1, 0.15) is 5.03 Å². The summed E-state index contributed by atoms with van der Waals surface area (Å²) in [5, 5.41) is 5.81. The second-order valence-corrected chi connectivity index (χ2v) is 6.21. The molecule has 0 saturated carbocycles. The molecule has 0 spiro atoms. The molecule has 21 heavy (non-hydrogen) atoms. The van der Waals surface area contributed by atoms with Gasteiger partial charge in [0.25, 0.3) is 5.56 Å². The summed E-state index contributed by atoms with van der Waals surface area (Å²) >= 11 is 1.35. The zero-order valence-corrected chi connectivity index (χ0v) is 13.6. The number of nitrogen functional groups attached to an aromatic ring is 1. The quantitative estimate of drug-likeness (QED) is 0.829. The normalized spacial score (nSPS) is 11.3. The van der Waals surface area contributed by atoms with E-state index in [-0.39, 0.29) is 11.6 Å². The lowest BCUT2D eigenvalue weighted by molar-refractivity contribution is 0.491. The fourth-order valence-electron chi connectivity index (χ4n) is 2.00. The summed E-state index contributed by atoms with van der Waals surface area (Å²) in [6.07, 6.45) is 1.74. The molecule has 2 heterocycles. The molecule has 2 rings (SSSR count). The van der Waals surface area contributed by atoms with Crippen molar-refractivity contribution in [1.82, 2.24) is 19.7 Å². The van der Waals surface area contributed by atoms with E-state index in [0.717, 1.165) is 29.3 Å². The van der Waals surface area contributed by atoms with Crippen molar-refractivity contribution in [3.63, 3.8) is 0 Å². The first-order valence-electron chi connectivity index (χ1n) is 7.05. The third kappa shape index (κ3) is 3.47. The number of anilines is 1.